The number of piperidine rings is 1. The molecule has 16 heavy (non-hydrogen) atoms. The van der Waals surface area contributed by atoms with Crippen LogP contribution in [0.25, 0.3) is 0 Å². The van der Waals surface area contributed by atoms with Crippen molar-refractivity contribution >= 4 is 15.7 Å². The van der Waals surface area contributed by atoms with Gasteiger partial charge in [-0.2, -0.15) is 4.31 Å². The normalized spacial score (nSPS) is 18.5. The first-order chi connectivity index (χ1) is 7.62. The zero-order valence-electron chi connectivity index (χ0n) is 8.96. The van der Waals surface area contributed by atoms with Gasteiger partial charge in [0.25, 0.3) is 10.0 Å². The van der Waals surface area contributed by atoms with Crippen LogP contribution in [0.5, 0.6) is 0 Å². The highest BCUT2D eigenvalue weighted by Gasteiger charge is 2.28. The van der Waals surface area contributed by atoms with Gasteiger partial charge in [-0.15, -0.1) is 0 Å². The number of nitrogens with zero attached hydrogens (tertiary/aromatic N) is 2. The third-order valence-corrected chi connectivity index (χ3v) is 4.57. The van der Waals surface area contributed by atoms with Gasteiger partial charge in [-0.3, -0.25) is 0 Å². The van der Waals surface area contributed by atoms with Gasteiger partial charge in [-0.05, 0) is 25.0 Å². The number of nitrogen functional groups attached to an aromatic ring is 1. The van der Waals surface area contributed by atoms with E-state index in [1.807, 2.05) is 0 Å². The molecule has 1 aliphatic rings. The van der Waals surface area contributed by atoms with Crippen LogP contribution >= 0.6 is 0 Å². The molecular formula is C10H15N3O2S. The Labute approximate surface area is 95.3 Å². The van der Waals surface area contributed by atoms with Crippen molar-refractivity contribution in [2.24, 2.45) is 0 Å². The first-order valence-corrected chi connectivity index (χ1v) is 6.77. The Morgan fingerprint density at radius 2 is 1.94 bits per heavy atom. The van der Waals surface area contributed by atoms with E-state index in [2.05, 4.69) is 4.98 Å². The van der Waals surface area contributed by atoms with E-state index in [1.54, 1.807) is 12.1 Å². The van der Waals surface area contributed by atoms with Crippen LogP contribution in [0.4, 0.5) is 5.69 Å². The Kier molecular flexibility index (Phi) is 3.11. The maximum absolute atomic E-state index is 12.2. The van der Waals surface area contributed by atoms with Crippen molar-refractivity contribution in [2.75, 3.05) is 18.8 Å². The van der Waals surface area contributed by atoms with Gasteiger partial charge in [0.05, 0.1) is 5.69 Å². The van der Waals surface area contributed by atoms with Gasteiger partial charge in [0.15, 0.2) is 5.03 Å². The van der Waals surface area contributed by atoms with Crippen molar-refractivity contribution in [3.05, 3.63) is 18.3 Å². The largest absolute Gasteiger partial charge is 0.396 e. The van der Waals surface area contributed by atoms with Crippen molar-refractivity contribution in [3.8, 4) is 0 Å². The lowest BCUT2D eigenvalue weighted by Crippen LogP contribution is -2.36. The minimum Gasteiger partial charge on any atom is -0.396 e. The molecule has 5 nitrogen and oxygen atoms in total. The average molecular weight is 241 g/mol. The van der Waals surface area contributed by atoms with E-state index >= 15 is 0 Å². The van der Waals surface area contributed by atoms with E-state index in [0.29, 0.717) is 13.1 Å². The molecule has 0 saturated carbocycles. The highest BCUT2D eigenvalue weighted by atomic mass is 32.2. The maximum atomic E-state index is 12.2. The summed E-state index contributed by atoms with van der Waals surface area (Å²) in [5.74, 6) is 0. The number of pyridine rings is 1. The molecular weight excluding hydrogens is 226 g/mol. The Bertz CT molecular complexity index is 467. The molecule has 2 rings (SSSR count). The molecule has 0 bridgehead atoms. The van der Waals surface area contributed by atoms with E-state index in [1.165, 1.54) is 10.5 Å². The highest BCUT2D eigenvalue weighted by molar-refractivity contribution is 7.89. The molecule has 0 atom stereocenters. The molecule has 2 heterocycles. The third-order valence-electron chi connectivity index (χ3n) is 2.70. The van der Waals surface area contributed by atoms with Crippen molar-refractivity contribution in [1.29, 1.82) is 0 Å². The number of hydrogen-bond donors (Lipinski definition) is 1. The van der Waals surface area contributed by atoms with Gasteiger partial charge in [0.2, 0.25) is 0 Å². The summed E-state index contributed by atoms with van der Waals surface area (Å²) in [7, 11) is -3.50. The van der Waals surface area contributed by atoms with E-state index < -0.39 is 10.0 Å². The summed E-state index contributed by atoms with van der Waals surface area (Å²) < 4.78 is 25.9. The second-order valence-corrected chi connectivity index (χ2v) is 5.72. The minimum absolute atomic E-state index is 0.0168. The SMILES string of the molecule is Nc1cccnc1S(=O)(=O)N1CCCCC1. The molecule has 1 aliphatic heterocycles. The highest BCUT2D eigenvalue weighted by Crippen LogP contribution is 2.22. The van der Waals surface area contributed by atoms with Gasteiger partial charge in [-0.1, -0.05) is 6.42 Å². The van der Waals surface area contributed by atoms with Gasteiger partial charge < -0.3 is 5.73 Å². The Balaban J connectivity index is 2.35. The number of anilines is 1. The second-order valence-electron chi connectivity index (χ2n) is 3.86. The van der Waals surface area contributed by atoms with Gasteiger partial charge in [0, 0.05) is 19.3 Å². The molecule has 0 spiro atoms. The van der Waals surface area contributed by atoms with Crippen LogP contribution in [-0.2, 0) is 10.0 Å². The van der Waals surface area contributed by atoms with Crippen LogP contribution in [0.1, 0.15) is 19.3 Å². The molecule has 0 amide bonds. The first-order valence-electron chi connectivity index (χ1n) is 5.33. The predicted molar refractivity (Wildman–Crippen MR) is 61.3 cm³/mol. The Morgan fingerprint density at radius 3 is 2.56 bits per heavy atom. The van der Waals surface area contributed by atoms with Gasteiger partial charge in [-0.25, -0.2) is 13.4 Å². The van der Waals surface area contributed by atoms with E-state index in [-0.39, 0.29) is 10.7 Å². The lowest BCUT2D eigenvalue weighted by Gasteiger charge is -2.25. The molecule has 1 fully saturated rings. The van der Waals surface area contributed by atoms with Crippen LogP contribution < -0.4 is 5.73 Å². The number of hydrogen-bond acceptors (Lipinski definition) is 4. The van der Waals surface area contributed by atoms with Crippen molar-refractivity contribution in [1.82, 2.24) is 9.29 Å². The average Bonchev–Trinajstić information content (AvgIpc) is 2.30. The zero-order valence-corrected chi connectivity index (χ0v) is 9.78. The lowest BCUT2D eigenvalue weighted by atomic mass is 10.2. The van der Waals surface area contributed by atoms with Crippen LogP contribution in [0.15, 0.2) is 23.4 Å². The summed E-state index contributed by atoms with van der Waals surface area (Å²) in [5, 5.41) is -0.0168. The van der Waals surface area contributed by atoms with Crippen LogP contribution in [-0.4, -0.2) is 30.8 Å². The molecule has 0 aliphatic carbocycles. The Hall–Kier alpha value is -1.14. The first kappa shape index (κ1) is 11.3. The molecule has 6 heteroatoms. The molecule has 0 radical (unpaired) electrons. The maximum Gasteiger partial charge on any atom is 0.262 e. The zero-order chi connectivity index (χ0) is 11.6. The molecule has 2 N–H and O–H groups in total. The second kappa shape index (κ2) is 4.39. The Morgan fingerprint density at radius 1 is 1.25 bits per heavy atom. The van der Waals surface area contributed by atoms with Crippen molar-refractivity contribution in [2.45, 2.75) is 24.3 Å². The van der Waals surface area contributed by atoms with Crippen LogP contribution in [0.3, 0.4) is 0 Å². The lowest BCUT2D eigenvalue weighted by molar-refractivity contribution is 0.345. The summed E-state index contributed by atoms with van der Waals surface area (Å²) >= 11 is 0. The molecule has 88 valence electrons. The monoisotopic (exact) mass is 241 g/mol. The quantitative estimate of drug-likeness (QED) is 0.832. The molecule has 1 saturated heterocycles. The van der Waals surface area contributed by atoms with Crippen LogP contribution in [0, 0.1) is 0 Å². The number of nitrogens with two attached hydrogens (primary N) is 1. The number of rotatable bonds is 2. The molecule has 1 aromatic heterocycles. The standard InChI is InChI=1S/C10H15N3O2S/c11-9-5-4-6-12-10(9)16(14,15)13-7-2-1-3-8-13/h4-6H,1-3,7-8,11H2. The number of sulfonamides is 1. The van der Waals surface area contributed by atoms with E-state index in [9.17, 15) is 8.42 Å². The fourth-order valence-electron chi connectivity index (χ4n) is 1.85. The smallest absolute Gasteiger partial charge is 0.262 e. The van der Waals surface area contributed by atoms with E-state index in [0.717, 1.165) is 19.3 Å². The summed E-state index contributed by atoms with van der Waals surface area (Å²) in [6.07, 6.45) is 4.36. The minimum atomic E-state index is -3.50. The summed E-state index contributed by atoms with van der Waals surface area (Å²) in [6.45, 7) is 1.14. The van der Waals surface area contributed by atoms with Crippen molar-refractivity contribution in [3.63, 3.8) is 0 Å². The number of aromatic nitrogens is 1. The summed E-state index contributed by atoms with van der Waals surface area (Å²) in [4.78, 5) is 3.87. The third kappa shape index (κ3) is 2.03. The fourth-order valence-corrected chi connectivity index (χ4v) is 3.39. The molecule has 0 aromatic carbocycles. The predicted octanol–water partition coefficient (Wildman–Crippen LogP) is 0.838. The van der Waals surface area contributed by atoms with Crippen LogP contribution in [0.2, 0.25) is 0 Å². The summed E-state index contributed by atoms with van der Waals surface area (Å²) in [5.41, 5.74) is 5.86. The van der Waals surface area contributed by atoms with Gasteiger partial charge in [0.1, 0.15) is 0 Å². The topological polar surface area (TPSA) is 76.3 Å². The molecule has 0 unspecified atom stereocenters. The fraction of sp³-hybridized carbons (Fsp3) is 0.500. The molecule has 1 aromatic rings. The summed E-state index contributed by atoms with van der Waals surface area (Å²) in [6, 6.07) is 3.19. The van der Waals surface area contributed by atoms with Gasteiger partial charge >= 0.3 is 0 Å². The van der Waals surface area contributed by atoms with E-state index in [4.69, 9.17) is 5.73 Å². The van der Waals surface area contributed by atoms with Crippen molar-refractivity contribution < 1.29 is 8.42 Å².